The maximum atomic E-state index is 12.6. The van der Waals surface area contributed by atoms with Crippen molar-refractivity contribution in [3.63, 3.8) is 0 Å². The number of nitrogens with zero attached hydrogens (tertiary/aromatic N) is 2. The van der Waals surface area contributed by atoms with Gasteiger partial charge in [0.1, 0.15) is 5.75 Å². The van der Waals surface area contributed by atoms with Crippen molar-refractivity contribution >= 4 is 44.3 Å². The molecule has 2 aliphatic rings. The van der Waals surface area contributed by atoms with Gasteiger partial charge in [0, 0.05) is 16.8 Å². The number of carbonyl (C=O) groups excluding carboxylic acids is 1. The van der Waals surface area contributed by atoms with Gasteiger partial charge in [-0.3, -0.25) is 4.79 Å². The van der Waals surface area contributed by atoms with Crippen molar-refractivity contribution in [1.29, 1.82) is 0 Å². The second-order valence-electron chi connectivity index (χ2n) is 7.65. The lowest BCUT2D eigenvalue weighted by Gasteiger charge is -2.24. The molecule has 2 aliphatic heterocycles. The van der Waals surface area contributed by atoms with Gasteiger partial charge < -0.3 is 9.64 Å². The molecule has 0 unspecified atom stereocenters. The summed E-state index contributed by atoms with van der Waals surface area (Å²) in [5, 5.41) is 1.05. The summed E-state index contributed by atoms with van der Waals surface area (Å²) >= 11 is 7.57. The van der Waals surface area contributed by atoms with Crippen LogP contribution in [-0.4, -0.2) is 60.8 Å². The summed E-state index contributed by atoms with van der Waals surface area (Å²) in [6, 6.07) is 14.8. The minimum absolute atomic E-state index is 0.0901. The van der Waals surface area contributed by atoms with E-state index in [0.29, 0.717) is 23.2 Å². The molecule has 2 aromatic carbocycles. The molecule has 2 heterocycles. The third-order valence-electron chi connectivity index (χ3n) is 5.50. The number of hydrogen-bond donors (Lipinski definition) is 0. The van der Waals surface area contributed by atoms with Crippen LogP contribution in [0.4, 0.5) is 0 Å². The molecule has 0 aliphatic carbocycles. The van der Waals surface area contributed by atoms with Crippen molar-refractivity contribution in [2.75, 3.05) is 25.2 Å². The van der Waals surface area contributed by atoms with Crippen LogP contribution < -0.4 is 4.74 Å². The molecule has 2 fully saturated rings. The molecule has 0 spiro atoms. The molecular formula is C22H23ClN2O4S2. The zero-order valence-corrected chi connectivity index (χ0v) is 19.4. The van der Waals surface area contributed by atoms with Crippen LogP contribution in [0.5, 0.6) is 5.75 Å². The average Bonchev–Trinajstić information content (AvgIpc) is 3.19. The van der Waals surface area contributed by atoms with Gasteiger partial charge in [0.25, 0.3) is 5.91 Å². The van der Waals surface area contributed by atoms with E-state index in [1.54, 1.807) is 13.2 Å². The third kappa shape index (κ3) is 5.25. The molecule has 0 N–H and O–H groups in total. The molecule has 0 saturated carbocycles. The lowest BCUT2D eigenvalue weighted by atomic mass is 10.1. The van der Waals surface area contributed by atoms with Crippen molar-refractivity contribution in [1.82, 2.24) is 4.90 Å². The fourth-order valence-electron chi connectivity index (χ4n) is 3.89. The van der Waals surface area contributed by atoms with E-state index in [1.807, 2.05) is 47.4 Å². The summed E-state index contributed by atoms with van der Waals surface area (Å²) in [6.07, 6.45) is 0.829. The predicted molar refractivity (Wildman–Crippen MR) is 125 cm³/mol. The molecule has 0 radical (unpaired) electrons. The molecule has 9 heteroatoms. The fourth-order valence-corrected chi connectivity index (χ4v) is 8.09. The number of amidine groups is 1. The largest absolute Gasteiger partial charge is 0.497 e. The highest BCUT2D eigenvalue weighted by Crippen LogP contribution is 2.38. The van der Waals surface area contributed by atoms with Crippen LogP contribution in [0.2, 0.25) is 5.02 Å². The first-order valence-corrected chi connectivity index (χ1v) is 13.0. The summed E-state index contributed by atoms with van der Waals surface area (Å²) in [5.74, 6) is 0.729. The highest BCUT2D eigenvalue weighted by molar-refractivity contribution is 8.15. The van der Waals surface area contributed by atoms with Gasteiger partial charge in [-0.2, -0.15) is 4.99 Å². The average molecular weight is 479 g/mol. The van der Waals surface area contributed by atoms with Gasteiger partial charge in [-0.1, -0.05) is 53.7 Å². The molecule has 164 valence electrons. The third-order valence-corrected chi connectivity index (χ3v) is 9.11. The van der Waals surface area contributed by atoms with Gasteiger partial charge >= 0.3 is 0 Å². The highest BCUT2D eigenvalue weighted by Gasteiger charge is 2.48. The number of hydrogen-bond acceptors (Lipinski definition) is 5. The summed E-state index contributed by atoms with van der Waals surface area (Å²) in [5.41, 5.74) is 1.84. The topological polar surface area (TPSA) is 76.0 Å². The molecule has 1 amide bonds. The van der Waals surface area contributed by atoms with E-state index in [-0.39, 0.29) is 35.1 Å². The molecule has 0 bridgehead atoms. The summed E-state index contributed by atoms with van der Waals surface area (Å²) in [6.45, 7) is 0.591. The van der Waals surface area contributed by atoms with Crippen molar-refractivity contribution in [2.24, 2.45) is 4.99 Å². The first-order chi connectivity index (χ1) is 14.8. The molecule has 6 nitrogen and oxygen atoms in total. The van der Waals surface area contributed by atoms with E-state index in [1.165, 1.54) is 11.8 Å². The van der Waals surface area contributed by atoms with E-state index in [4.69, 9.17) is 16.3 Å². The van der Waals surface area contributed by atoms with Gasteiger partial charge in [0.05, 0.1) is 31.1 Å². The Labute approximate surface area is 191 Å². The molecule has 2 aromatic rings. The Kier molecular flexibility index (Phi) is 6.60. The lowest BCUT2D eigenvalue weighted by molar-refractivity contribution is -0.117. The number of aliphatic imine (C=N–C) groups is 1. The second kappa shape index (κ2) is 9.22. The number of halogens is 1. The Morgan fingerprint density at radius 2 is 1.94 bits per heavy atom. The number of sulfone groups is 1. The second-order valence-corrected chi connectivity index (χ2v) is 11.4. The van der Waals surface area contributed by atoms with Crippen LogP contribution in [0.15, 0.2) is 53.5 Å². The Bertz CT molecular complexity index is 1100. The van der Waals surface area contributed by atoms with Gasteiger partial charge in [-0.05, 0) is 35.7 Å². The lowest BCUT2D eigenvalue weighted by Crippen LogP contribution is -2.39. The minimum Gasteiger partial charge on any atom is -0.497 e. The van der Waals surface area contributed by atoms with E-state index in [0.717, 1.165) is 16.9 Å². The minimum atomic E-state index is -3.07. The number of fused-ring (bicyclic) bond motifs is 1. The van der Waals surface area contributed by atoms with Crippen LogP contribution >= 0.6 is 23.4 Å². The number of amides is 1. The van der Waals surface area contributed by atoms with E-state index in [2.05, 4.69) is 4.99 Å². The zero-order chi connectivity index (χ0) is 22.0. The number of rotatable bonds is 6. The maximum absolute atomic E-state index is 12.6. The van der Waals surface area contributed by atoms with Gasteiger partial charge in [0.15, 0.2) is 15.0 Å². The number of methoxy groups -OCH3 is 1. The van der Waals surface area contributed by atoms with Crippen molar-refractivity contribution in [3.05, 3.63) is 64.7 Å². The van der Waals surface area contributed by atoms with Crippen molar-refractivity contribution in [3.8, 4) is 5.75 Å². The summed E-state index contributed by atoms with van der Waals surface area (Å²) in [7, 11) is -1.45. The predicted octanol–water partition coefficient (Wildman–Crippen LogP) is 3.23. The first-order valence-electron chi connectivity index (χ1n) is 9.96. The Morgan fingerprint density at radius 1 is 1.19 bits per heavy atom. The smallest absolute Gasteiger partial charge is 0.252 e. The zero-order valence-electron chi connectivity index (χ0n) is 17.0. The van der Waals surface area contributed by atoms with E-state index >= 15 is 0 Å². The Balaban J connectivity index is 1.51. The molecular weight excluding hydrogens is 456 g/mol. The number of ether oxygens (including phenoxy) is 1. The monoisotopic (exact) mass is 478 g/mol. The van der Waals surface area contributed by atoms with Crippen molar-refractivity contribution < 1.29 is 17.9 Å². The molecule has 2 atom stereocenters. The first kappa shape index (κ1) is 22.2. The quantitative estimate of drug-likeness (QED) is 0.634. The van der Waals surface area contributed by atoms with Crippen LogP contribution in [0, 0.1) is 0 Å². The number of benzene rings is 2. The van der Waals surface area contributed by atoms with Crippen molar-refractivity contribution in [2.45, 2.75) is 24.1 Å². The normalized spacial score (nSPS) is 23.2. The fraction of sp³-hybridized carbons (Fsp3) is 0.364. The molecule has 2 saturated heterocycles. The summed E-state index contributed by atoms with van der Waals surface area (Å²) < 4.78 is 29.5. The van der Waals surface area contributed by atoms with Crippen LogP contribution in [0.25, 0.3) is 0 Å². The number of thioether (sulfide) groups is 1. The molecule has 4 rings (SSSR count). The van der Waals surface area contributed by atoms with E-state index in [9.17, 15) is 13.2 Å². The SMILES string of the molecule is COc1ccc(CCN2C(=NC(=O)Cc3ccccc3Cl)S[C@@H]3CS(=O)(=O)C[C@@H]32)cc1. The highest BCUT2D eigenvalue weighted by atomic mass is 35.5. The van der Waals surface area contributed by atoms with Crippen LogP contribution in [0.3, 0.4) is 0 Å². The summed E-state index contributed by atoms with van der Waals surface area (Å²) in [4.78, 5) is 19.0. The Hall–Kier alpha value is -2.03. The molecule has 31 heavy (non-hydrogen) atoms. The van der Waals surface area contributed by atoms with Gasteiger partial charge in [-0.25, -0.2) is 8.42 Å². The standard InChI is InChI=1S/C22H23ClN2O4S2/c1-29-17-8-6-15(7-9-17)10-11-25-19-13-31(27,28)14-20(19)30-22(25)24-21(26)12-16-4-2-3-5-18(16)23/h2-9,19-20H,10-14H2,1H3/t19-,20+/m0/s1. The van der Waals surface area contributed by atoms with Crippen LogP contribution in [-0.2, 0) is 27.5 Å². The van der Waals surface area contributed by atoms with Crippen LogP contribution in [0.1, 0.15) is 11.1 Å². The van der Waals surface area contributed by atoms with Gasteiger partial charge in [0.2, 0.25) is 0 Å². The Morgan fingerprint density at radius 3 is 2.65 bits per heavy atom. The molecule has 0 aromatic heterocycles. The number of carbonyl (C=O) groups is 1. The van der Waals surface area contributed by atoms with Gasteiger partial charge in [-0.15, -0.1) is 0 Å². The van der Waals surface area contributed by atoms with E-state index < -0.39 is 9.84 Å². The maximum Gasteiger partial charge on any atom is 0.252 e.